The molecule has 1 heterocycles. The summed E-state index contributed by atoms with van der Waals surface area (Å²) in [7, 11) is 1.99. The number of rotatable bonds is 3. The van der Waals surface area contributed by atoms with Gasteiger partial charge >= 0.3 is 0 Å². The summed E-state index contributed by atoms with van der Waals surface area (Å²) >= 11 is 0. The summed E-state index contributed by atoms with van der Waals surface area (Å²) in [6, 6.07) is 0.0641. The van der Waals surface area contributed by atoms with E-state index in [1.807, 2.05) is 17.8 Å². The van der Waals surface area contributed by atoms with Crippen LogP contribution in [0.4, 0.5) is 0 Å². The second-order valence-corrected chi connectivity index (χ2v) is 5.10. The maximum Gasteiger partial charge on any atom is 0.125 e. The molecule has 1 rings (SSSR count). The van der Waals surface area contributed by atoms with Crippen molar-refractivity contribution in [2.75, 3.05) is 0 Å². The number of hydrogen-bond donors (Lipinski definition) is 1. The minimum Gasteiger partial charge on any atom is -0.337 e. The highest BCUT2D eigenvalue weighted by Crippen LogP contribution is 2.25. The van der Waals surface area contributed by atoms with Crippen LogP contribution in [0.25, 0.3) is 0 Å². The summed E-state index contributed by atoms with van der Waals surface area (Å²) in [6.45, 7) is 6.70. The molecule has 0 aliphatic rings. The fraction of sp³-hybridized carbons (Fsp3) is 0.727. The molecule has 1 atom stereocenters. The van der Waals surface area contributed by atoms with Gasteiger partial charge in [0, 0.05) is 19.4 Å². The predicted molar refractivity (Wildman–Crippen MR) is 58.8 cm³/mol. The smallest absolute Gasteiger partial charge is 0.125 e. The maximum atomic E-state index is 6.06. The number of imidazole rings is 1. The van der Waals surface area contributed by atoms with Crippen molar-refractivity contribution in [3.05, 3.63) is 18.2 Å². The van der Waals surface area contributed by atoms with Crippen molar-refractivity contribution in [2.24, 2.45) is 18.2 Å². The first kappa shape index (κ1) is 11.2. The fourth-order valence-electron chi connectivity index (χ4n) is 1.45. The Labute approximate surface area is 86.3 Å². The van der Waals surface area contributed by atoms with Crippen LogP contribution in [0.15, 0.2) is 12.4 Å². The molecule has 14 heavy (non-hydrogen) atoms. The highest BCUT2D eigenvalue weighted by molar-refractivity contribution is 4.97. The van der Waals surface area contributed by atoms with E-state index in [1.54, 1.807) is 6.20 Å². The minimum atomic E-state index is 0.0641. The van der Waals surface area contributed by atoms with Crippen LogP contribution in [0.2, 0.25) is 0 Å². The van der Waals surface area contributed by atoms with Gasteiger partial charge in [0.15, 0.2) is 0 Å². The van der Waals surface area contributed by atoms with E-state index in [9.17, 15) is 0 Å². The van der Waals surface area contributed by atoms with Gasteiger partial charge in [0.05, 0.1) is 6.04 Å². The Balaban J connectivity index is 2.51. The summed E-state index contributed by atoms with van der Waals surface area (Å²) in [4.78, 5) is 4.25. The summed E-state index contributed by atoms with van der Waals surface area (Å²) in [5.74, 6) is 0.981. The Morgan fingerprint density at radius 1 is 1.50 bits per heavy atom. The van der Waals surface area contributed by atoms with E-state index >= 15 is 0 Å². The van der Waals surface area contributed by atoms with Gasteiger partial charge in [-0.25, -0.2) is 4.98 Å². The molecule has 0 amide bonds. The molecule has 2 N–H and O–H groups in total. The summed E-state index contributed by atoms with van der Waals surface area (Å²) in [6.07, 6.45) is 5.86. The lowest BCUT2D eigenvalue weighted by Crippen LogP contribution is -2.18. The van der Waals surface area contributed by atoms with Crippen molar-refractivity contribution in [1.82, 2.24) is 9.55 Å². The van der Waals surface area contributed by atoms with Crippen LogP contribution >= 0.6 is 0 Å². The third kappa shape index (κ3) is 3.14. The summed E-state index contributed by atoms with van der Waals surface area (Å²) < 4.78 is 1.99. The third-order valence-corrected chi connectivity index (χ3v) is 2.40. The molecule has 0 aliphatic carbocycles. The molecular formula is C11H21N3. The van der Waals surface area contributed by atoms with Gasteiger partial charge in [0.2, 0.25) is 0 Å². The van der Waals surface area contributed by atoms with Crippen molar-refractivity contribution < 1.29 is 0 Å². The first-order valence-corrected chi connectivity index (χ1v) is 5.13. The van der Waals surface area contributed by atoms with Crippen molar-refractivity contribution in [3.63, 3.8) is 0 Å². The third-order valence-electron chi connectivity index (χ3n) is 2.40. The van der Waals surface area contributed by atoms with Crippen LogP contribution in [0.1, 0.15) is 45.5 Å². The Kier molecular flexibility index (Phi) is 3.32. The number of hydrogen-bond acceptors (Lipinski definition) is 2. The lowest BCUT2D eigenvalue weighted by atomic mass is 9.89. The molecule has 0 fully saturated rings. The van der Waals surface area contributed by atoms with E-state index in [0.29, 0.717) is 5.41 Å². The number of nitrogens with zero attached hydrogens (tertiary/aromatic N) is 2. The van der Waals surface area contributed by atoms with Gasteiger partial charge in [0.1, 0.15) is 5.82 Å². The number of aryl methyl sites for hydroxylation is 1. The molecule has 0 aliphatic heterocycles. The summed E-state index contributed by atoms with van der Waals surface area (Å²) in [5.41, 5.74) is 6.41. The van der Waals surface area contributed by atoms with Crippen LogP contribution in [0.5, 0.6) is 0 Å². The van der Waals surface area contributed by atoms with Crippen LogP contribution in [0.3, 0.4) is 0 Å². The fourth-order valence-corrected chi connectivity index (χ4v) is 1.45. The zero-order valence-electron chi connectivity index (χ0n) is 9.62. The Morgan fingerprint density at radius 2 is 2.14 bits per heavy atom. The molecule has 1 unspecified atom stereocenters. The lowest BCUT2D eigenvalue weighted by Gasteiger charge is -2.20. The van der Waals surface area contributed by atoms with E-state index in [0.717, 1.165) is 18.7 Å². The quantitative estimate of drug-likeness (QED) is 0.804. The molecule has 1 aromatic rings. The Hall–Kier alpha value is -0.830. The normalized spacial score (nSPS) is 14.4. The van der Waals surface area contributed by atoms with E-state index in [-0.39, 0.29) is 6.04 Å². The predicted octanol–water partition coefficient (Wildman–Crippen LogP) is 2.25. The molecule has 0 saturated heterocycles. The average molecular weight is 195 g/mol. The van der Waals surface area contributed by atoms with E-state index < -0.39 is 0 Å². The molecule has 80 valence electrons. The van der Waals surface area contributed by atoms with Crippen LogP contribution in [0, 0.1) is 5.41 Å². The van der Waals surface area contributed by atoms with Gasteiger partial charge in [-0.05, 0) is 18.3 Å². The minimum absolute atomic E-state index is 0.0641. The molecular weight excluding hydrogens is 174 g/mol. The molecule has 3 nitrogen and oxygen atoms in total. The number of nitrogens with two attached hydrogens (primary N) is 1. The first-order chi connectivity index (χ1) is 6.40. The van der Waals surface area contributed by atoms with Crippen molar-refractivity contribution in [1.29, 1.82) is 0 Å². The largest absolute Gasteiger partial charge is 0.337 e. The van der Waals surface area contributed by atoms with E-state index in [2.05, 4.69) is 25.8 Å². The highest BCUT2D eigenvalue weighted by atomic mass is 15.1. The maximum absolute atomic E-state index is 6.06. The van der Waals surface area contributed by atoms with Crippen molar-refractivity contribution >= 4 is 0 Å². The summed E-state index contributed by atoms with van der Waals surface area (Å²) in [5, 5.41) is 0. The molecule has 0 saturated carbocycles. The Bertz CT molecular complexity index is 283. The molecule has 3 heteroatoms. The van der Waals surface area contributed by atoms with Crippen molar-refractivity contribution in [3.8, 4) is 0 Å². The van der Waals surface area contributed by atoms with Gasteiger partial charge in [-0.15, -0.1) is 0 Å². The monoisotopic (exact) mass is 195 g/mol. The van der Waals surface area contributed by atoms with Crippen LogP contribution in [-0.4, -0.2) is 9.55 Å². The standard InChI is InChI=1S/C11H21N3/c1-11(2,3)6-5-9(12)10-13-7-8-14(10)4/h7-9H,5-6,12H2,1-4H3. The van der Waals surface area contributed by atoms with Crippen LogP contribution in [-0.2, 0) is 7.05 Å². The molecule has 0 spiro atoms. The second kappa shape index (κ2) is 4.13. The number of aromatic nitrogens is 2. The van der Waals surface area contributed by atoms with Gasteiger partial charge in [0.25, 0.3) is 0 Å². The van der Waals surface area contributed by atoms with Crippen molar-refractivity contribution in [2.45, 2.75) is 39.7 Å². The van der Waals surface area contributed by atoms with E-state index in [4.69, 9.17) is 5.73 Å². The van der Waals surface area contributed by atoms with Crippen LogP contribution < -0.4 is 5.73 Å². The zero-order chi connectivity index (χ0) is 10.8. The van der Waals surface area contributed by atoms with Gasteiger partial charge in [-0.2, -0.15) is 0 Å². The van der Waals surface area contributed by atoms with Gasteiger partial charge < -0.3 is 10.3 Å². The van der Waals surface area contributed by atoms with Gasteiger partial charge in [-0.3, -0.25) is 0 Å². The lowest BCUT2D eigenvalue weighted by molar-refractivity contribution is 0.345. The molecule has 1 aromatic heterocycles. The Morgan fingerprint density at radius 3 is 2.57 bits per heavy atom. The second-order valence-electron chi connectivity index (χ2n) is 5.10. The molecule has 0 bridgehead atoms. The van der Waals surface area contributed by atoms with Gasteiger partial charge in [-0.1, -0.05) is 20.8 Å². The SMILES string of the molecule is Cn1ccnc1C(N)CCC(C)(C)C. The first-order valence-electron chi connectivity index (χ1n) is 5.13. The molecule has 0 aromatic carbocycles. The average Bonchev–Trinajstić information content (AvgIpc) is 2.46. The van der Waals surface area contributed by atoms with E-state index in [1.165, 1.54) is 0 Å². The molecule has 0 radical (unpaired) electrons. The highest BCUT2D eigenvalue weighted by Gasteiger charge is 2.16. The topological polar surface area (TPSA) is 43.8 Å². The zero-order valence-corrected chi connectivity index (χ0v) is 9.62.